The summed E-state index contributed by atoms with van der Waals surface area (Å²) in [5, 5.41) is 3.67. The molecule has 1 N–H and O–H groups in total. The van der Waals surface area contributed by atoms with Gasteiger partial charge >= 0.3 is 0 Å². The number of hydrogen-bond acceptors (Lipinski definition) is 2. The maximum Gasteiger partial charge on any atom is 0.0735 e. The average molecular weight is 261 g/mol. The van der Waals surface area contributed by atoms with Gasteiger partial charge in [-0.15, -0.1) is 0 Å². The van der Waals surface area contributed by atoms with Gasteiger partial charge in [0.05, 0.1) is 12.2 Å². The Bertz CT molecular complexity index is 373. The van der Waals surface area contributed by atoms with Crippen molar-refractivity contribution in [1.82, 2.24) is 5.32 Å². The molecule has 3 atom stereocenters. The fourth-order valence-corrected chi connectivity index (χ4v) is 2.77. The molecule has 2 rings (SSSR count). The molecule has 1 aliphatic heterocycles. The maximum atomic E-state index is 6.05. The highest BCUT2D eigenvalue weighted by Crippen LogP contribution is 2.23. The summed E-state index contributed by atoms with van der Waals surface area (Å²) in [5.74, 6) is 0. The van der Waals surface area contributed by atoms with Gasteiger partial charge < -0.3 is 10.1 Å². The summed E-state index contributed by atoms with van der Waals surface area (Å²) >= 11 is 0. The van der Waals surface area contributed by atoms with E-state index in [0.29, 0.717) is 18.2 Å². The first-order valence-corrected chi connectivity index (χ1v) is 7.63. The second-order valence-electron chi connectivity index (χ2n) is 5.81. The zero-order valence-electron chi connectivity index (χ0n) is 12.5. The minimum atomic E-state index is 0.378. The van der Waals surface area contributed by atoms with Gasteiger partial charge in [-0.2, -0.15) is 0 Å². The lowest BCUT2D eigenvalue weighted by Crippen LogP contribution is -2.42. The summed E-state index contributed by atoms with van der Waals surface area (Å²) in [6, 6.07) is 9.34. The molecule has 1 heterocycles. The second-order valence-corrected chi connectivity index (χ2v) is 5.81. The Labute approximate surface area is 117 Å². The van der Waals surface area contributed by atoms with Crippen molar-refractivity contribution in [2.45, 2.75) is 64.7 Å². The van der Waals surface area contributed by atoms with Crippen LogP contribution < -0.4 is 5.32 Å². The van der Waals surface area contributed by atoms with Crippen LogP contribution in [0.1, 0.15) is 44.2 Å². The van der Waals surface area contributed by atoms with Crippen molar-refractivity contribution in [3.8, 4) is 0 Å². The van der Waals surface area contributed by atoms with E-state index in [9.17, 15) is 0 Å². The lowest BCUT2D eigenvalue weighted by molar-refractivity contribution is 0.0321. The summed E-state index contributed by atoms with van der Waals surface area (Å²) in [6.07, 6.45) is 5.43. The van der Waals surface area contributed by atoms with Crippen LogP contribution in [0.15, 0.2) is 24.3 Å². The third kappa shape index (κ3) is 4.32. The van der Waals surface area contributed by atoms with E-state index < -0.39 is 0 Å². The highest BCUT2D eigenvalue weighted by atomic mass is 16.5. The molecule has 1 aliphatic rings. The largest absolute Gasteiger partial charge is 0.374 e. The SMILES string of the molecule is CCCNC(Cc1ccc(C)cc1)C1CCC(C)O1. The Morgan fingerprint density at radius 2 is 2.00 bits per heavy atom. The van der Waals surface area contributed by atoms with Gasteiger partial charge in [0.15, 0.2) is 0 Å². The molecule has 106 valence electrons. The zero-order valence-corrected chi connectivity index (χ0v) is 12.5. The van der Waals surface area contributed by atoms with Crippen LogP contribution in [0, 0.1) is 6.92 Å². The van der Waals surface area contributed by atoms with Gasteiger partial charge in [0, 0.05) is 6.04 Å². The number of ether oxygens (including phenoxy) is 1. The van der Waals surface area contributed by atoms with Gasteiger partial charge in [-0.1, -0.05) is 36.8 Å². The highest BCUT2D eigenvalue weighted by Gasteiger charge is 2.29. The molecule has 2 heteroatoms. The van der Waals surface area contributed by atoms with Crippen molar-refractivity contribution in [1.29, 1.82) is 0 Å². The number of rotatable bonds is 6. The zero-order chi connectivity index (χ0) is 13.7. The van der Waals surface area contributed by atoms with Gasteiger partial charge in [-0.05, 0) is 51.6 Å². The van der Waals surface area contributed by atoms with Crippen LogP contribution in [0.2, 0.25) is 0 Å². The molecular formula is C17H27NO. The van der Waals surface area contributed by atoms with Crippen LogP contribution in [-0.2, 0) is 11.2 Å². The molecule has 0 amide bonds. The number of hydrogen-bond donors (Lipinski definition) is 1. The van der Waals surface area contributed by atoms with Gasteiger partial charge in [0.1, 0.15) is 0 Å². The number of aryl methyl sites for hydroxylation is 1. The Morgan fingerprint density at radius 3 is 2.58 bits per heavy atom. The van der Waals surface area contributed by atoms with Crippen LogP contribution in [-0.4, -0.2) is 24.8 Å². The van der Waals surface area contributed by atoms with E-state index in [0.717, 1.165) is 13.0 Å². The molecule has 0 spiro atoms. The van der Waals surface area contributed by atoms with Gasteiger partial charge in [-0.25, -0.2) is 0 Å². The first-order valence-electron chi connectivity index (χ1n) is 7.63. The van der Waals surface area contributed by atoms with Gasteiger partial charge in [-0.3, -0.25) is 0 Å². The van der Waals surface area contributed by atoms with Crippen molar-refractivity contribution in [2.24, 2.45) is 0 Å². The van der Waals surface area contributed by atoms with Crippen molar-refractivity contribution in [2.75, 3.05) is 6.54 Å². The van der Waals surface area contributed by atoms with Crippen molar-refractivity contribution in [3.05, 3.63) is 35.4 Å². The van der Waals surface area contributed by atoms with E-state index in [4.69, 9.17) is 4.74 Å². The molecule has 1 aromatic carbocycles. The highest BCUT2D eigenvalue weighted by molar-refractivity contribution is 5.22. The van der Waals surface area contributed by atoms with Crippen LogP contribution in [0.3, 0.4) is 0 Å². The molecular weight excluding hydrogens is 234 g/mol. The molecule has 0 aliphatic carbocycles. The molecule has 19 heavy (non-hydrogen) atoms. The van der Waals surface area contributed by atoms with Crippen molar-refractivity contribution in [3.63, 3.8) is 0 Å². The predicted molar refractivity (Wildman–Crippen MR) is 80.5 cm³/mol. The summed E-state index contributed by atoms with van der Waals surface area (Å²) in [7, 11) is 0. The van der Waals surface area contributed by atoms with Gasteiger partial charge in [0.2, 0.25) is 0 Å². The first kappa shape index (κ1) is 14.5. The lowest BCUT2D eigenvalue weighted by atomic mass is 9.98. The lowest BCUT2D eigenvalue weighted by Gasteiger charge is -2.25. The number of nitrogens with one attached hydrogen (secondary N) is 1. The molecule has 1 aromatic rings. The third-order valence-corrected chi connectivity index (χ3v) is 3.95. The normalized spacial score (nSPS) is 24.6. The predicted octanol–water partition coefficient (Wildman–Crippen LogP) is 3.47. The van der Waals surface area contributed by atoms with Crippen molar-refractivity contribution < 1.29 is 4.74 Å². The second kappa shape index (κ2) is 7.06. The molecule has 0 bridgehead atoms. The quantitative estimate of drug-likeness (QED) is 0.846. The molecule has 2 nitrogen and oxygen atoms in total. The maximum absolute atomic E-state index is 6.05. The summed E-state index contributed by atoms with van der Waals surface area (Å²) in [5.41, 5.74) is 2.73. The first-order chi connectivity index (χ1) is 9.19. The molecule has 1 saturated heterocycles. The van der Waals surface area contributed by atoms with Crippen LogP contribution >= 0.6 is 0 Å². The van der Waals surface area contributed by atoms with E-state index >= 15 is 0 Å². The summed E-state index contributed by atoms with van der Waals surface area (Å²) in [4.78, 5) is 0. The van der Waals surface area contributed by atoms with Crippen LogP contribution in [0.25, 0.3) is 0 Å². The average Bonchev–Trinajstić information content (AvgIpc) is 2.83. The Kier molecular flexibility index (Phi) is 5.41. The van der Waals surface area contributed by atoms with Crippen molar-refractivity contribution >= 4 is 0 Å². The van der Waals surface area contributed by atoms with E-state index in [-0.39, 0.29) is 0 Å². The molecule has 0 saturated carbocycles. The van der Waals surface area contributed by atoms with Gasteiger partial charge in [0.25, 0.3) is 0 Å². The van der Waals surface area contributed by atoms with E-state index in [1.54, 1.807) is 0 Å². The molecule has 0 aromatic heterocycles. The third-order valence-electron chi connectivity index (χ3n) is 3.95. The van der Waals surface area contributed by atoms with E-state index in [1.165, 1.54) is 30.4 Å². The smallest absolute Gasteiger partial charge is 0.0735 e. The molecule has 3 unspecified atom stereocenters. The van der Waals surface area contributed by atoms with Crippen LogP contribution in [0.4, 0.5) is 0 Å². The molecule has 0 radical (unpaired) electrons. The minimum Gasteiger partial charge on any atom is -0.374 e. The summed E-state index contributed by atoms with van der Waals surface area (Å²) < 4.78 is 6.05. The van der Waals surface area contributed by atoms with Crippen LogP contribution in [0.5, 0.6) is 0 Å². The minimum absolute atomic E-state index is 0.378. The Balaban J connectivity index is 1.98. The topological polar surface area (TPSA) is 21.3 Å². The van der Waals surface area contributed by atoms with E-state index in [2.05, 4.69) is 50.4 Å². The van der Waals surface area contributed by atoms with E-state index in [1.807, 2.05) is 0 Å². The number of benzene rings is 1. The fourth-order valence-electron chi connectivity index (χ4n) is 2.77. The Hall–Kier alpha value is -0.860. The fraction of sp³-hybridized carbons (Fsp3) is 0.647. The Morgan fingerprint density at radius 1 is 1.26 bits per heavy atom. The standard InChI is InChI=1S/C17H27NO/c1-4-11-18-16(17-10-7-14(3)19-17)12-15-8-5-13(2)6-9-15/h5-6,8-9,14,16-18H,4,7,10-12H2,1-3H3. The summed E-state index contributed by atoms with van der Waals surface area (Å²) in [6.45, 7) is 7.61. The molecule has 1 fully saturated rings. The monoisotopic (exact) mass is 261 g/mol.